The van der Waals surface area contributed by atoms with Gasteiger partial charge in [-0.3, -0.25) is 0 Å². The number of hydrogen-bond acceptors (Lipinski definition) is 2. The first-order chi connectivity index (χ1) is 13.6. The monoisotopic (exact) mass is 392 g/mol. The van der Waals surface area contributed by atoms with Crippen LogP contribution in [0.3, 0.4) is 0 Å². The van der Waals surface area contributed by atoms with Gasteiger partial charge < -0.3 is 9.47 Å². The van der Waals surface area contributed by atoms with E-state index < -0.39 is 11.6 Å². The van der Waals surface area contributed by atoms with Crippen molar-refractivity contribution in [2.75, 3.05) is 13.2 Å². The van der Waals surface area contributed by atoms with Gasteiger partial charge in [0.1, 0.15) is 0 Å². The van der Waals surface area contributed by atoms with Gasteiger partial charge in [0.05, 0.1) is 19.3 Å². The lowest BCUT2D eigenvalue weighted by molar-refractivity contribution is -0.0150. The number of hydrogen-bond donors (Lipinski definition) is 0. The second-order valence-electron chi connectivity index (χ2n) is 8.33. The Balaban J connectivity index is 1.54. The van der Waals surface area contributed by atoms with E-state index in [1.165, 1.54) is 6.42 Å². The molecule has 1 aromatic carbocycles. The molecule has 2 unspecified atom stereocenters. The van der Waals surface area contributed by atoms with Crippen molar-refractivity contribution in [2.45, 2.75) is 77.2 Å². The standard InChI is InChI=1S/C24H34F2O2/c1-3-5-15-27-22-14-13-21(23(25)24(22)26)18-9-7-17(8-10-18)19-11-12-20(6-4-2)28-16-19/h4,6,13-14,17-20H,3,5,7-12,15-16H2,1-2H3. The van der Waals surface area contributed by atoms with Crippen LogP contribution in [0.4, 0.5) is 8.78 Å². The van der Waals surface area contributed by atoms with E-state index in [9.17, 15) is 8.78 Å². The lowest BCUT2D eigenvalue weighted by atomic mass is 9.72. The second-order valence-corrected chi connectivity index (χ2v) is 8.33. The summed E-state index contributed by atoms with van der Waals surface area (Å²) in [7, 11) is 0. The summed E-state index contributed by atoms with van der Waals surface area (Å²) < 4.78 is 40.4. The molecule has 2 nitrogen and oxygen atoms in total. The number of unbranched alkanes of at least 4 members (excludes halogenated alkanes) is 1. The summed E-state index contributed by atoms with van der Waals surface area (Å²) in [6, 6.07) is 3.34. The Morgan fingerprint density at radius 1 is 1.04 bits per heavy atom. The van der Waals surface area contributed by atoms with Crippen LogP contribution in [0, 0.1) is 23.5 Å². The van der Waals surface area contributed by atoms with Crippen molar-refractivity contribution in [3.8, 4) is 5.75 Å². The molecule has 0 amide bonds. The van der Waals surface area contributed by atoms with Crippen molar-refractivity contribution in [1.29, 1.82) is 0 Å². The van der Waals surface area contributed by atoms with Gasteiger partial charge >= 0.3 is 0 Å². The van der Waals surface area contributed by atoms with Crippen LogP contribution in [-0.2, 0) is 4.74 Å². The molecule has 1 aliphatic heterocycles. The normalized spacial score (nSPS) is 28.6. The Bertz CT molecular complexity index is 642. The third-order valence-corrected chi connectivity index (χ3v) is 6.46. The zero-order valence-electron chi connectivity index (χ0n) is 17.3. The van der Waals surface area contributed by atoms with Gasteiger partial charge in [-0.2, -0.15) is 4.39 Å². The van der Waals surface area contributed by atoms with Crippen LogP contribution in [0.1, 0.15) is 76.7 Å². The summed E-state index contributed by atoms with van der Waals surface area (Å²) in [4.78, 5) is 0. The Kier molecular flexibility index (Phi) is 7.90. The van der Waals surface area contributed by atoms with E-state index in [1.54, 1.807) is 12.1 Å². The average Bonchev–Trinajstić information content (AvgIpc) is 2.72. The summed E-state index contributed by atoms with van der Waals surface area (Å²) in [5.41, 5.74) is 0.520. The van der Waals surface area contributed by atoms with E-state index >= 15 is 0 Å². The van der Waals surface area contributed by atoms with E-state index in [2.05, 4.69) is 12.2 Å². The molecule has 0 N–H and O–H groups in total. The fraction of sp³-hybridized carbons (Fsp3) is 0.667. The summed E-state index contributed by atoms with van der Waals surface area (Å²) in [6.45, 7) is 5.33. The Labute approximate surface area is 168 Å². The van der Waals surface area contributed by atoms with E-state index in [-0.39, 0.29) is 17.8 Å². The maximum absolute atomic E-state index is 14.6. The minimum absolute atomic E-state index is 0.0402. The molecule has 2 fully saturated rings. The predicted octanol–water partition coefficient (Wildman–Crippen LogP) is 6.79. The molecule has 28 heavy (non-hydrogen) atoms. The fourth-order valence-corrected chi connectivity index (χ4v) is 4.73. The van der Waals surface area contributed by atoms with Gasteiger partial charge in [-0.15, -0.1) is 0 Å². The number of allylic oxidation sites excluding steroid dienone is 1. The molecule has 1 saturated carbocycles. The highest BCUT2D eigenvalue weighted by atomic mass is 19.2. The molecule has 0 radical (unpaired) electrons. The van der Waals surface area contributed by atoms with Gasteiger partial charge in [-0.1, -0.05) is 31.6 Å². The third kappa shape index (κ3) is 5.14. The predicted molar refractivity (Wildman–Crippen MR) is 109 cm³/mol. The van der Waals surface area contributed by atoms with E-state index in [4.69, 9.17) is 9.47 Å². The minimum Gasteiger partial charge on any atom is -0.490 e. The molecule has 1 heterocycles. The molecular weight excluding hydrogens is 358 g/mol. The van der Waals surface area contributed by atoms with E-state index in [0.29, 0.717) is 24.0 Å². The van der Waals surface area contributed by atoms with Crippen molar-refractivity contribution in [3.05, 3.63) is 41.5 Å². The van der Waals surface area contributed by atoms with Crippen LogP contribution in [0.15, 0.2) is 24.3 Å². The van der Waals surface area contributed by atoms with E-state index in [0.717, 1.165) is 51.6 Å². The van der Waals surface area contributed by atoms with Crippen molar-refractivity contribution in [2.24, 2.45) is 11.8 Å². The molecule has 0 bridgehead atoms. The van der Waals surface area contributed by atoms with Gasteiger partial charge in [0, 0.05) is 0 Å². The Morgan fingerprint density at radius 2 is 1.79 bits per heavy atom. The number of halogens is 2. The maximum Gasteiger partial charge on any atom is 0.200 e. The molecule has 2 atom stereocenters. The first-order valence-electron chi connectivity index (χ1n) is 11.0. The number of ether oxygens (including phenoxy) is 2. The van der Waals surface area contributed by atoms with E-state index in [1.807, 2.05) is 13.8 Å². The molecule has 1 aliphatic carbocycles. The molecule has 0 aromatic heterocycles. The quantitative estimate of drug-likeness (QED) is 0.376. The van der Waals surface area contributed by atoms with Gasteiger partial charge in [0.25, 0.3) is 0 Å². The molecule has 1 aromatic rings. The van der Waals surface area contributed by atoms with Gasteiger partial charge in [0.2, 0.25) is 5.82 Å². The second kappa shape index (κ2) is 10.4. The van der Waals surface area contributed by atoms with Crippen molar-refractivity contribution in [1.82, 2.24) is 0 Å². The summed E-state index contributed by atoms with van der Waals surface area (Å²) in [5, 5.41) is 0. The average molecular weight is 393 g/mol. The largest absolute Gasteiger partial charge is 0.490 e. The van der Waals surface area contributed by atoms with Gasteiger partial charge in [-0.05, 0) is 81.3 Å². The van der Waals surface area contributed by atoms with Crippen LogP contribution < -0.4 is 4.74 Å². The highest BCUT2D eigenvalue weighted by molar-refractivity contribution is 5.33. The van der Waals surface area contributed by atoms with Crippen molar-refractivity contribution in [3.63, 3.8) is 0 Å². The summed E-state index contributed by atoms with van der Waals surface area (Å²) in [6.07, 6.45) is 12.6. The van der Waals surface area contributed by atoms with Crippen LogP contribution in [-0.4, -0.2) is 19.3 Å². The van der Waals surface area contributed by atoms with Crippen LogP contribution in [0.2, 0.25) is 0 Å². The SMILES string of the molecule is CC=CC1CCC(C2CCC(c3ccc(OCCCC)c(F)c3F)CC2)CO1. The first-order valence-corrected chi connectivity index (χ1v) is 11.0. The molecular formula is C24H34F2O2. The summed E-state index contributed by atoms with van der Waals surface area (Å²) >= 11 is 0. The Hall–Kier alpha value is -1.42. The maximum atomic E-state index is 14.6. The molecule has 0 spiro atoms. The summed E-state index contributed by atoms with van der Waals surface area (Å²) in [5.74, 6) is -0.140. The molecule has 4 heteroatoms. The molecule has 1 saturated heterocycles. The number of benzene rings is 1. The number of rotatable bonds is 7. The van der Waals surface area contributed by atoms with Crippen LogP contribution in [0.5, 0.6) is 5.75 Å². The minimum atomic E-state index is -0.827. The molecule has 156 valence electrons. The van der Waals surface area contributed by atoms with Crippen LogP contribution in [0.25, 0.3) is 0 Å². The molecule has 3 rings (SSSR count). The van der Waals surface area contributed by atoms with Crippen LogP contribution >= 0.6 is 0 Å². The third-order valence-electron chi connectivity index (χ3n) is 6.46. The van der Waals surface area contributed by atoms with Crippen molar-refractivity contribution < 1.29 is 18.3 Å². The van der Waals surface area contributed by atoms with Gasteiger partial charge in [0.15, 0.2) is 11.6 Å². The highest BCUT2D eigenvalue weighted by Gasteiger charge is 2.32. The van der Waals surface area contributed by atoms with Gasteiger partial charge in [-0.25, -0.2) is 4.39 Å². The lowest BCUT2D eigenvalue weighted by Crippen LogP contribution is -2.31. The topological polar surface area (TPSA) is 18.5 Å². The zero-order valence-corrected chi connectivity index (χ0v) is 17.3. The zero-order chi connectivity index (χ0) is 19.9. The fourth-order valence-electron chi connectivity index (χ4n) is 4.73. The van der Waals surface area contributed by atoms with Crippen molar-refractivity contribution >= 4 is 0 Å². The lowest BCUT2D eigenvalue weighted by Gasteiger charge is -2.37. The molecule has 2 aliphatic rings. The first kappa shape index (κ1) is 21.3. The Morgan fingerprint density at radius 3 is 2.43 bits per heavy atom. The highest BCUT2D eigenvalue weighted by Crippen LogP contribution is 2.42. The smallest absolute Gasteiger partial charge is 0.200 e.